The van der Waals surface area contributed by atoms with Gasteiger partial charge in [-0.2, -0.15) is 0 Å². The number of hydrogen-bond donors (Lipinski definition) is 0. The fraction of sp³-hybridized carbons (Fsp3) is 1.00. The van der Waals surface area contributed by atoms with Gasteiger partial charge in [-0.1, -0.05) is 0 Å². The third kappa shape index (κ3) is 39.6. The van der Waals surface area contributed by atoms with E-state index in [1.54, 1.807) is 0 Å². The van der Waals surface area contributed by atoms with E-state index in [0.29, 0.717) is 0 Å². The molecular formula is C16H52O12SiSn4. The monoisotopic (exact) mass is 944 g/mol. The Labute approximate surface area is 244 Å². The summed E-state index contributed by atoms with van der Waals surface area (Å²) in [5.74, 6) is 0. The summed E-state index contributed by atoms with van der Waals surface area (Å²) >= 11 is -4.37. The van der Waals surface area contributed by atoms with Crippen LogP contribution in [0.4, 0.5) is 0 Å². The zero-order valence-electron chi connectivity index (χ0n) is 22.1. The summed E-state index contributed by atoms with van der Waals surface area (Å²) in [4.78, 5) is 0. The van der Waals surface area contributed by atoms with E-state index in [-0.39, 0.29) is 57.5 Å². The first kappa shape index (κ1) is 60.4. The molecule has 0 unspecified atom stereocenters. The second kappa shape index (κ2) is 24.0. The molecule has 0 bridgehead atoms. The molecule has 0 atom stereocenters. The van der Waals surface area contributed by atoms with Crippen molar-refractivity contribution in [3.63, 3.8) is 0 Å². The predicted molar refractivity (Wildman–Crippen MR) is 141 cm³/mol. The largest absolute Gasteiger partial charge is 0.412 e. The fourth-order valence-corrected chi connectivity index (χ4v) is 34.2. The molecule has 0 spiro atoms. The molecule has 0 aliphatic carbocycles. The molecule has 0 saturated heterocycles. The Hall–Kier alpha value is 2.93. The average Bonchev–Trinajstić information content (AvgIpc) is 2.33. The van der Waals surface area contributed by atoms with E-state index in [4.69, 9.17) is 11.1 Å². The van der Waals surface area contributed by atoms with Crippen LogP contribution in [0, 0.1) is 0 Å². The average molecular weight is 940 g/mol. The molecule has 0 aromatic rings. The van der Waals surface area contributed by atoms with Crippen LogP contribution in [0.5, 0.6) is 0 Å². The van der Waals surface area contributed by atoms with Crippen molar-refractivity contribution in [1.82, 2.24) is 0 Å². The van der Waals surface area contributed by atoms with Crippen LogP contribution >= 0.6 is 0 Å². The number of rotatable bonds is 8. The molecule has 0 rings (SSSR count). The van der Waals surface area contributed by atoms with E-state index >= 15 is 0 Å². The van der Waals surface area contributed by atoms with E-state index in [1.807, 2.05) is 0 Å². The molecule has 0 saturated carbocycles. The zero-order valence-corrected chi connectivity index (χ0v) is 34.5. The summed E-state index contributed by atoms with van der Waals surface area (Å²) in [6, 6.07) is 0. The first-order valence-corrected chi connectivity index (χ1v) is 20.6. The first-order valence-electron chi connectivity index (χ1n) is 8.63. The maximum atomic E-state index is 6.55. The fourth-order valence-electron chi connectivity index (χ4n) is 0.987. The van der Waals surface area contributed by atoms with Crippen molar-refractivity contribution in [2.45, 2.75) is 96.8 Å². The molecule has 208 valence electrons. The van der Waals surface area contributed by atoms with E-state index in [1.165, 1.54) is 0 Å². The summed E-state index contributed by atoms with van der Waals surface area (Å²) in [5.41, 5.74) is 0. The van der Waals surface area contributed by atoms with Gasteiger partial charge in [0.15, 0.2) is 0 Å². The molecule has 0 amide bonds. The van der Waals surface area contributed by atoms with Gasteiger partial charge in [-0.3, -0.25) is 0 Å². The summed E-state index contributed by atoms with van der Waals surface area (Å²) in [7, 11) is -2.93. The maximum Gasteiger partial charge on any atom is -0.412 e. The van der Waals surface area contributed by atoms with E-state index in [9.17, 15) is 0 Å². The van der Waals surface area contributed by atoms with Crippen molar-refractivity contribution < 1.29 is 54.9 Å². The smallest absolute Gasteiger partial charge is 0.412 e. The third-order valence-electron chi connectivity index (χ3n) is 1.93. The predicted octanol–water partition coefficient (Wildman–Crippen LogP) is -1.76. The normalized spacial score (nSPS) is 11.3. The molecule has 33 heavy (non-hydrogen) atoms. The molecule has 8 radical (unpaired) electrons. The Morgan fingerprint density at radius 1 is 0.333 bits per heavy atom. The van der Waals surface area contributed by atoms with Crippen LogP contribution < -0.4 is 0 Å². The Morgan fingerprint density at radius 3 is 0.545 bits per heavy atom. The summed E-state index contributed by atoms with van der Waals surface area (Å²) in [5, 5.41) is 0. The SMILES string of the molecule is C[C](C)(C)[Sn][O][Si]([O][Sn][C](C)(C)C)([O][Sn][C](C)(C)C)[O][Sn][C](C)(C)C.O.O.O.O.O.O.O.O. The Bertz CT molecular complexity index is 333. The van der Waals surface area contributed by atoms with Crippen molar-refractivity contribution in [3.8, 4) is 0 Å². The van der Waals surface area contributed by atoms with Crippen LogP contribution in [0.25, 0.3) is 0 Å². The standard InChI is InChI=1S/4C4H9.O4Si.8H2O.4Sn/c4*1-4(2)3;1-5(2,3)4;;;;;;;;;;;;/h4*1-3H3;;8*1H2;;;;/q;;;;-4;;;;;;;;;4*+1. The van der Waals surface area contributed by atoms with Gasteiger partial charge in [0.1, 0.15) is 0 Å². The van der Waals surface area contributed by atoms with Crippen molar-refractivity contribution in [2.24, 2.45) is 0 Å². The van der Waals surface area contributed by atoms with Crippen molar-refractivity contribution in [2.75, 3.05) is 0 Å². The second-order valence-corrected chi connectivity index (χ2v) is 38.6. The molecular weight excluding hydrogens is 887 g/mol. The molecule has 0 aromatic heterocycles. The molecule has 16 N–H and O–H groups in total. The summed E-state index contributed by atoms with van der Waals surface area (Å²) in [6.07, 6.45) is 0. The van der Waals surface area contributed by atoms with Crippen molar-refractivity contribution in [3.05, 3.63) is 0 Å². The van der Waals surface area contributed by atoms with Gasteiger partial charge in [-0.05, 0) is 0 Å². The van der Waals surface area contributed by atoms with Gasteiger partial charge in [-0.25, -0.2) is 0 Å². The maximum absolute atomic E-state index is 6.55. The molecule has 0 aromatic carbocycles. The molecule has 0 aliphatic heterocycles. The zero-order chi connectivity index (χ0) is 20.2. The molecule has 12 nitrogen and oxygen atoms in total. The van der Waals surface area contributed by atoms with Crippen molar-refractivity contribution in [1.29, 1.82) is 0 Å². The topological polar surface area (TPSA) is 289 Å². The second-order valence-electron chi connectivity index (χ2n) is 10.3. The molecule has 0 aliphatic rings. The Balaban J connectivity index is -0.000000103. The van der Waals surface area contributed by atoms with E-state index in [2.05, 4.69) is 83.1 Å². The van der Waals surface area contributed by atoms with Gasteiger partial charge in [0.25, 0.3) is 0 Å². The minimum atomic E-state index is -2.93. The van der Waals surface area contributed by atoms with Crippen molar-refractivity contribution >= 4 is 95.3 Å². The third-order valence-corrected chi connectivity index (χ3v) is 22.4. The minimum Gasteiger partial charge on any atom is -0.412 e. The molecule has 0 fully saturated rings. The van der Waals surface area contributed by atoms with Crippen LogP contribution in [0.3, 0.4) is 0 Å². The minimum absolute atomic E-state index is 0. The van der Waals surface area contributed by atoms with Gasteiger partial charge in [0.05, 0.1) is 0 Å². The number of hydrogen-bond acceptors (Lipinski definition) is 4. The quantitative estimate of drug-likeness (QED) is 0.256. The van der Waals surface area contributed by atoms with Gasteiger partial charge in [0.2, 0.25) is 0 Å². The van der Waals surface area contributed by atoms with Crippen LogP contribution in [-0.2, 0) is 11.1 Å². The molecule has 0 heterocycles. The summed E-state index contributed by atoms with van der Waals surface area (Å²) < 4.78 is 27.2. The molecule has 17 heteroatoms. The van der Waals surface area contributed by atoms with Gasteiger partial charge < -0.3 is 43.8 Å². The van der Waals surface area contributed by atoms with Gasteiger partial charge >= 0.3 is 203 Å². The van der Waals surface area contributed by atoms with Crippen LogP contribution in [0.15, 0.2) is 0 Å². The van der Waals surface area contributed by atoms with Gasteiger partial charge in [-0.15, -0.1) is 0 Å². The van der Waals surface area contributed by atoms with Crippen LogP contribution in [-0.4, -0.2) is 139 Å². The van der Waals surface area contributed by atoms with E-state index in [0.717, 1.165) is 0 Å². The Kier molecular flexibility index (Phi) is 44.0. The van der Waals surface area contributed by atoms with Gasteiger partial charge in [0, 0.05) is 0 Å². The Morgan fingerprint density at radius 2 is 0.455 bits per heavy atom. The first-order chi connectivity index (χ1) is 10.8. The van der Waals surface area contributed by atoms with E-state index < -0.39 is 95.3 Å². The van der Waals surface area contributed by atoms with Crippen LogP contribution in [0.1, 0.15) is 83.1 Å². The summed E-state index contributed by atoms with van der Waals surface area (Å²) in [6.45, 7) is 27.1. The van der Waals surface area contributed by atoms with Crippen LogP contribution in [0.2, 0.25) is 13.7 Å².